The number of H-pyrrole nitrogens is 1. The maximum Gasteiger partial charge on any atom is 0.340 e. The van der Waals surface area contributed by atoms with Crippen molar-refractivity contribution < 1.29 is 14.3 Å². The number of aromatic nitrogens is 3. The molecule has 7 heteroatoms. The Morgan fingerprint density at radius 2 is 2.38 bits per heavy atom. The fourth-order valence-corrected chi connectivity index (χ4v) is 2.58. The van der Waals surface area contributed by atoms with Crippen molar-refractivity contribution >= 4 is 22.8 Å². The third-order valence-electron chi connectivity index (χ3n) is 3.75. The second kappa shape index (κ2) is 5.33. The van der Waals surface area contributed by atoms with Crippen molar-refractivity contribution in [3.05, 3.63) is 17.3 Å². The minimum atomic E-state index is -0.395. The number of anilines is 1. The number of carbonyl (C=O) groups is 1. The van der Waals surface area contributed by atoms with Crippen molar-refractivity contribution in [3.8, 4) is 0 Å². The van der Waals surface area contributed by atoms with Gasteiger partial charge in [-0.3, -0.25) is 5.10 Å². The first-order chi connectivity index (χ1) is 10.1. The third kappa shape index (κ3) is 2.33. The van der Waals surface area contributed by atoms with Gasteiger partial charge in [0.25, 0.3) is 0 Å². The van der Waals surface area contributed by atoms with Gasteiger partial charge in [-0.25, -0.2) is 9.78 Å². The molecule has 21 heavy (non-hydrogen) atoms. The number of carbonyl (C=O) groups excluding carboxylic acids is 1. The van der Waals surface area contributed by atoms with Gasteiger partial charge in [0, 0.05) is 6.54 Å². The molecule has 0 spiro atoms. The van der Waals surface area contributed by atoms with Crippen LogP contribution in [0.25, 0.3) is 11.0 Å². The second-order valence-electron chi connectivity index (χ2n) is 5.17. The Labute approximate surface area is 122 Å². The van der Waals surface area contributed by atoms with Crippen LogP contribution >= 0.6 is 0 Å². The summed E-state index contributed by atoms with van der Waals surface area (Å²) in [4.78, 5) is 18.8. The molecule has 0 aromatic carbocycles. The molecule has 2 aromatic heterocycles. The summed E-state index contributed by atoms with van der Waals surface area (Å²) >= 11 is 0. The molecule has 0 aliphatic carbocycles. The van der Waals surface area contributed by atoms with E-state index >= 15 is 0 Å². The van der Waals surface area contributed by atoms with Gasteiger partial charge in [-0.05, 0) is 19.9 Å². The van der Waals surface area contributed by atoms with Crippen LogP contribution in [0.5, 0.6) is 0 Å². The van der Waals surface area contributed by atoms with Crippen LogP contribution in [-0.2, 0) is 9.47 Å². The summed E-state index contributed by atoms with van der Waals surface area (Å²) in [6, 6.07) is 1.97. The van der Waals surface area contributed by atoms with Gasteiger partial charge in [0.1, 0.15) is 11.3 Å². The highest BCUT2D eigenvalue weighted by atomic mass is 16.5. The van der Waals surface area contributed by atoms with E-state index in [1.54, 1.807) is 6.07 Å². The van der Waals surface area contributed by atoms with Gasteiger partial charge >= 0.3 is 5.97 Å². The predicted molar refractivity (Wildman–Crippen MR) is 77.6 cm³/mol. The lowest BCUT2D eigenvalue weighted by Gasteiger charge is -2.34. The van der Waals surface area contributed by atoms with E-state index in [2.05, 4.69) is 27.0 Å². The molecule has 1 atom stereocenters. The second-order valence-corrected chi connectivity index (χ2v) is 5.17. The highest BCUT2D eigenvalue weighted by molar-refractivity contribution is 6.03. The molecule has 112 valence electrons. The molecular weight excluding hydrogens is 272 g/mol. The van der Waals surface area contributed by atoms with Crippen LogP contribution in [-0.4, -0.2) is 54.1 Å². The van der Waals surface area contributed by atoms with Gasteiger partial charge in [0.05, 0.1) is 43.1 Å². The number of methoxy groups -OCH3 is 1. The molecule has 0 radical (unpaired) electrons. The van der Waals surface area contributed by atoms with Gasteiger partial charge in [-0.2, -0.15) is 5.10 Å². The molecule has 0 amide bonds. The Balaban J connectivity index is 2.14. The molecular formula is C14H18N4O3. The van der Waals surface area contributed by atoms with Gasteiger partial charge in [-0.1, -0.05) is 0 Å². The third-order valence-corrected chi connectivity index (χ3v) is 3.75. The van der Waals surface area contributed by atoms with E-state index < -0.39 is 5.97 Å². The number of nitrogens with zero attached hydrogens (tertiary/aromatic N) is 3. The summed E-state index contributed by atoms with van der Waals surface area (Å²) < 4.78 is 10.3. The number of aromatic amines is 1. The van der Waals surface area contributed by atoms with Crippen molar-refractivity contribution in [2.45, 2.75) is 19.9 Å². The van der Waals surface area contributed by atoms with Crippen LogP contribution in [0, 0.1) is 6.92 Å². The molecule has 1 aliphatic rings. The fraction of sp³-hybridized carbons (Fsp3) is 0.500. The largest absolute Gasteiger partial charge is 0.465 e. The normalized spacial score (nSPS) is 19.0. The summed E-state index contributed by atoms with van der Waals surface area (Å²) in [5.41, 5.74) is 2.53. The Morgan fingerprint density at radius 3 is 3.10 bits per heavy atom. The van der Waals surface area contributed by atoms with Crippen molar-refractivity contribution in [3.63, 3.8) is 0 Å². The van der Waals surface area contributed by atoms with E-state index in [1.165, 1.54) is 7.11 Å². The first-order valence-corrected chi connectivity index (χ1v) is 6.90. The zero-order chi connectivity index (χ0) is 15.0. The van der Waals surface area contributed by atoms with Crippen LogP contribution in [0.15, 0.2) is 6.07 Å². The lowest BCUT2D eigenvalue weighted by atomic mass is 10.1. The molecule has 1 aliphatic heterocycles. The van der Waals surface area contributed by atoms with Gasteiger partial charge in [0.2, 0.25) is 0 Å². The molecule has 7 nitrogen and oxygen atoms in total. The first kappa shape index (κ1) is 13.8. The van der Waals surface area contributed by atoms with Gasteiger partial charge in [0.15, 0.2) is 0 Å². The van der Waals surface area contributed by atoms with Gasteiger partial charge < -0.3 is 14.4 Å². The monoisotopic (exact) mass is 290 g/mol. The molecule has 3 rings (SSSR count). The van der Waals surface area contributed by atoms with Crippen molar-refractivity contribution in [2.24, 2.45) is 0 Å². The number of rotatable bonds is 2. The van der Waals surface area contributed by atoms with E-state index in [-0.39, 0.29) is 6.04 Å². The topological polar surface area (TPSA) is 80.3 Å². The van der Waals surface area contributed by atoms with E-state index in [1.807, 2.05) is 6.92 Å². The number of esters is 1. The van der Waals surface area contributed by atoms with Crippen LogP contribution in [0.4, 0.5) is 5.82 Å². The predicted octanol–water partition coefficient (Wildman–Crippen LogP) is 1.28. The number of ether oxygens (including phenoxy) is 2. The number of pyridine rings is 1. The lowest BCUT2D eigenvalue weighted by Crippen LogP contribution is -2.44. The van der Waals surface area contributed by atoms with Crippen LogP contribution < -0.4 is 4.90 Å². The standard InChI is InChI=1S/C14H18N4O3/c1-8-7-21-5-4-18(8)11-6-10(14(19)20-3)13-12(15-11)9(2)16-17-13/h6,8H,4-5,7H2,1-3H3,(H,16,17)/t8-/m1/s1. The minimum absolute atomic E-state index is 0.210. The summed E-state index contributed by atoms with van der Waals surface area (Å²) in [7, 11) is 1.37. The highest BCUT2D eigenvalue weighted by Gasteiger charge is 2.24. The average Bonchev–Trinajstić information content (AvgIpc) is 2.87. The van der Waals surface area contributed by atoms with Gasteiger partial charge in [-0.15, -0.1) is 0 Å². The molecule has 3 heterocycles. The van der Waals surface area contributed by atoms with Crippen molar-refractivity contribution in [1.29, 1.82) is 0 Å². The number of aryl methyl sites for hydroxylation is 1. The molecule has 0 saturated carbocycles. The van der Waals surface area contributed by atoms with Crippen molar-refractivity contribution in [2.75, 3.05) is 31.8 Å². The first-order valence-electron chi connectivity index (χ1n) is 6.90. The molecule has 2 aromatic rings. The Hall–Kier alpha value is -2.15. The molecule has 0 bridgehead atoms. The Bertz CT molecular complexity index is 682. The quantitative estimate of drug-likeness (QED) is 0.839. The lowest BCUT2D eigenvalue weighted by molar-refractivity contribution is 0.0602. The maximum atomic E-state index is 12.0. The van der Waals surface area contributed by atoms with E-state index in [0.29, 0.717) is 29.8 Å². The maximum absolute atomic E-state index is 12.0. The van der Waals surface area contributed by atoms with Crippen molar-refractivity contribution in [1.82, 2.24) is 15.2 Å². The number of morpholine rings is 1. The number of hydrogen-bond donors (Lipinski definition) is 1. The molecule has 1 N–H and O–H groups in total. The zero-order valence-corrected chi connectivity index (χ0v) is 12.3. The number of hydrogen-bond acceptors (Lipinski definition) is 6. The smallest absolute Gasteiger partial charge is 0.340 e. The Morgan fingerprint density at radius 1 is 1.57 bits per heavy atom. The van der Waals surface area contributed by atoms with E-state index in [9.17, 15) is 4.79 Å². The van der Waals surface area contributed by atoms with E-state index in [4.69, 9.17) is 9.47 Å². The zero-order valence-electron chi connectivity index (χ0n) is 12.3. The number of nitrogens with one attached hydrogen (secondary N) is 1. The van der Waals surface area contributed by atoms with Crippen LogP contribution in [0.2, 0.25) is 0 Å². The molecule has 1 saturated heterocycles. The van der Waals surface area contributed by atoms with Crippen LogP contribution in [0.1, 0.15) is 23.0 Å². The summed E-state index contributed by atoms with van der Waals surface area (Å²) in [6.07, 6.45) is 0. The number of fused-ring (bicyclic) bond motifs is 1. The highest BCUT2D eigenvalue weighted by Crippen LogP contribution is 2.26. The summed E-state index contributed by atoms with van der Waals surface area (Å²) in [5.74, 6) is 0.358. The Kier molecular flexibility index (Phi) is 3.50. The summed E-state index contributed by atoms with van der Waals surface area (Å²) in [6.45, 7) is 5.99. The van der Waals surface area contributed by atoms with Crippen LogP contribution in [0.3, 0.4) is 0 Å². The average molecular weight is 290 g/mol. The van der Waals surface area contributed by atoms with E-state index in [0.717, 1.165) is 18.1 Å². The molecule has 1 fully saturated rings. The summed E-state index contributed by atoms with van der Waals surface area (Å²) in [5, 5.41) is 7.00. The minimum Gasteiger partial charge on any atom is -0.465 e. The SMILES string of the molecule is COC(=O)c1cc(N2CCOC[C@H]2C)nc2c(C)n[nH]c12. The molecule has 0 unspecified atom stereocenters. The fourth-order valence-electron chi connectivity index (χ4n) is 2.58.